The van der Waals surface area contributed by atoms with E-state index >= 15 is 0 Å². The van der Waals surface area contributed by atoms with E-state index in [1.165, 1.54) is 32.1 Å². The Kier molecular flexibility index (Phi) is 4.02. The summed E-state index contributed by atoms with van der Waals surface area (Å²) in [4.78, 5) is 0. The van der Waals surface area contributed by atoms with Crippen molar-refractivity contribution >= 4 is 0 Å². The van der Waals surface area contributed by atoms with Crippen molar-refractivity contribution in [3.8, 4) is 0 Å². The van der Waals surface area contributed by atoms with E-state index in [1.807, 2.05) is 0 Å². The fourth-order valence-electron chi connectivity index (χ4n) is 1.87. The lowest BCUT2D eigenvalue weighted by molar-refractivity contribution is 0.413. The molecule has 0 N–H and O–H groups in total. The van der Waals surface area contributed by atoms with Crippen LogP contribution in [0.4, 0.5) is 0 Å². The molecule has 72 valence electrons. The van der Waals surface area contributed by atoms with Gasteiger partial charge in [0, 0.05) is 0 Å². The van der Waals surface area contributed by atoms with E-state index in [4.69, 9.17) is 0 Å². The molecule has 0 radical (unpaired) electrons. The number of hydrogen-bond donors (Lipinski definition) is 0. The van der Waals surface area contributed by atoms with Crippen LogP contribution in [-0.2, 0) is 0 Å². The van der Waals surface area contributed by atoms with E-state index in [0.29, 0.717) is 0 Å². The molecule has 2 atom stereocenters. The highest BCUT2D eigenvalue weighted by molar-refractivity contribution is 4.87. The predicted octanol–water partition coefficient (Wildman–Crippen LogP) is 2.63. The Hall–Kier alpha value is -0.0800. The highest BCUT2D eigenvalue weighted by Crippen LogP contribution is 2.42. The standard InChI is InChI=1S/C10H20NO/c1-3-4-5-6-9-7-10(9)8-11(2)12/h9-10H,3-8H2,1-2H3/q-1/t9?,10-/m1/s1. The molecule has 2 heteroatoms. The third kappa shape index (κ3) is 3.55. The molecule has 0 bridgehead atoms. The van der Waals surface area contributed by atoms with E-state index in [2.05, 4.69) is 6.92 Å². The lowest BCUT2D eigenvalue weighted by atomic mass is 10.1. The van der Waals surface area contributed by atoms with Crippen LogP contribution in [0.2, 0.25) is 0 Å². The van der Waals surface area contributed by atoms with Crippen molar-refractivity contribution in [1.82, 2.24) is 5.06 Å². The van der Waals surface area contributed by atoms with Crippen molar-refractivity contribution in [1.29, 1.82) is 0 Å². The van der Waals surface area contributed by atoms with Gasteiger partial charge in [-0.05, 0) is 31.8 Å². The molecule has 0 aromatic carbocycles. The van der Waals surface area contributed by atoms with Gasteiger partial charge in [0.25, 0.3) is 0 Å². The largest absolute Gasteiger partial charge is 0.785 e. The van der Waals surface area contributed by atoms with Crippen LogP contribution in [0, 0.1) is 17.0 Å². The van der Waals surface area contributed by atoms with Gasteiger partial charge in [-0.3, -0.25) is 0 Å². The summed E-state index contributed by atoms with van der Waals surface area (Å²) >= 11 is 0. The summed E-state index contributed by atoms with van der Waals surface area (Å²) in [6.45, 7) is 2.99. The zero-order chi connectivity index (χ0) is 8.97. The second-order valence-electron chi connectivity index (χ2n) is 4.06. The molecule has 0 aromatic rings. The van der Waals surface area contributed by atoms with Gasteiger partial charge in [0.2, 0.25) is 0 Å². The molecular formula is C10H20NO-. The van der Waals surface area contributed by atoms with Gasteiger partial charge in [-0.15, -0.1) is 0 Å². The van der Waals surface area contributed by atoms with Crippen molar-refractivity contribution in [2.24, 2.45) is 11.8 Å². The highest BCUT2D eigenvalue weighted by atomic mass is 16.5. The average molecular weight is 170 g/mol. The highest BCUT2D eigenvalue weighted by Gasteiger charge is 2.35. The Morgan fingerprint density at radius 1 is 1.33 bits per heavy atom. The zero-order valence-corrected chi connectivity index (χ0v) is 8.25. The summed E-state index contributed by atoms with van der Waals surface area (Å²) in [7, 11) is 1.63. The molecule has 12 heavy (non-hydrogen) atoms. The van der Waals surface area contributed by atoms with E-state index in [1.54, 1.807) is 7.05 Å². The fraction of sp³-hybridized carbons (Fsp3) is 1.00. The van der Waals surface area contributed by atoms with Gasteiger partial charge in [-0.1, -0.05) is 32.6 Å². The first-order chi connectivity index (χ1) is 5.74. The average Bonchev–Trinajstić information content (AvgIpc) is 2.67. The second kappa shape index (κ2) is 4.83. The van der Waals surface area contributed by atoms with Gasteiger partial charge in [0.15, 0.2) is 0 Å². The van der Waals surface area contributed by atoms with Gasteiger partial charge < -0.3 is 10.3 Å². The van der Waals surface area contributed by atoms with Crippen molar-refractivity contribution < 1.29 is 0 Å². The molecule has 1 aliphatic rings. The van der Waals surface area contributed by atoms with Crippen molar-refractivity contribution in [3.63, 3.8) is 0 Å². The minimum Gasteiger partial charge on any atom is -0.785 e. The van der Waals surface area contributed by atoms with Crippen LogP contribution >= 0.6 is 0 Å². The van der Waals surface area contributed by atoms with Crippen molar-refractivity contribution in [3.05, 3.63) is 5.21 Å². The van der Waals surface area contributed by atoms with Crippen LogP contribution in [0.25, 0.3) is 0 Å². The van der Waals surface area contributed by atoms with Crippen LogP contribution in [-0.4, -0.2) is 18.7 Å². The third-order valence-electron chi connectivity index (χ3n) is 2.74. The minimum atomic E-state index is 0.726. The molecule has 0 amide bonds. The Balaban J connectivity index is 1.93. The smallest absolute Gasteiger partial charge is 0.0115 e. The maximum Gasteiger partial charge on any atom is -0.0115 e. The SMILES string of the molecule is CCCCCC1C[C@@H]1CN(C)[O-]. The van der Waals surface area contributed by atoms with Crippen molar-refractivity contribution in [2.75, 3.05) is 13.6 Å². The quantitative estimate of drug-likeness (QED) is 0.452. The first-order valence-electron chi connectivity index (χ1n) is 5.12. The van der Waals surface area contributed by atoms with E-state index in [0.717, 1.165) is 23.4 Å². The number of nitrogens with zero attached hydrogens (tertiary/aromatic N) is 1. The topological polar surface area (TPSA) is 26.3 Å². The minimum absolute atomic E-state index is 0.726. The molecule has 0 heterocycles. The van der Waals surface area contributed by atoms with E-state index in [9.17, 15) is 5.21 Å². The summed E-state index contributed by atoms with van der Waals surface area (Å²) in [6, 6.07) is 0. The summed E-state index contributed by atoms with van der Waals surface area (Å²) in [5.74, 6) is 1.61. The Bertz CT molecular complexity index is 125. The molecular weight excluding hydrogens is 150 g/mol. The van der Waals surface area contributed by atoms with E-state index < -0.39 is 0 Å². The number of hydrogen-bond acceptors (Lipinski definition) is 2. The maximum absolute atomic E-state index is 10.7. The number of hydroxylamine groups is 2. The molecule has 0 saturated heterocycles. The van der Waals surface area contributed by atoms with Crippen LogP contribution in [0.3, 0.4) is 0 Å². The summed E-state index contributed by atoms with van der Waals surface area (Å²) in [6.07, 6.45) is 6.68. The summed E-state index contributed by atoms with van der Waals surface area (Å²) in [5, 5.41) is 11.8. The first kappa shape index (κ1) is 10.0. The van der Waals surface area contributed by atoms with Crippen LogP contribution < -0.4 is 0 Å². The van der Waals surface area contributed by atoms with E-state index in [-0.39, 0.29) is 0 Å². The van der Waals surface area contributed by atoms with Crippen LogP contribution in [0.15, 0.2) is 0 Å². The molecule has 1 aliphatic carbocycles. The molecule has 2 nitrogen and oxygen atoms in total. The van der Waals surface area contributed by atoms with Gasteiger partial charge in [0.1, 0.15) is 0 Å². The summed E-state index contributed by atoms with van der Waals surface area (Å²) < 4.78 is 0. The Labute approximate surface area is 75.5 Å². The molecule has 1 saturated carbocycles. The van der Waals surface area contributed by atoms with Crippen molar-refractivity contribution in [2.45, 2.75) is 39.0 Å². The monoisotopic (exact) mass is 170 g/mol. The molecule has 1 rings (SSSR count). The Morgan fingerprint density at radius 3 is 2.67 bits per heavy atom. The number of rotatable bonds is 6. The van der Waals surface area contributed by atoms with Gasteiger partial charge >= 0.3 is 0 Å². The maximum atomic E-state index is 10.7. The molecule has 0 spiro atoms. The molecule has 1 fully saturated rings. The third-order valence-corrected chi connectivity index (χ3v) is 2.74. The normalized spacial score (nSPS) is 28.0. The van der Waals surface area contributed by atoms with Crippen LogP contribution in [0.5, 0.6) is 0 Å². The van der Waals surface area contributed by atoms with Crippen LogP contribution in [0.1, 0.15) is 39.0 Å². The van der Waals surface area contributed by atoms with Gasteiger partial charge in [0.05, 0.1) is 0 Å². The second-order valence-corrected chi connectivity index (χ2v) is 4.06. The molecule has 1 unspecified atom stereocenters. The Morgan fingerprint density at radius 2 is 2.08 bits per heavy atom. The molecule has 0 aliphatic heterocycles. The molecule has 0 aromatic heterocycles. The lowest BCUT2D eigenvalue weighted by Crippen LogP contribution is -2.13. The van der Waals surface area contributed by atoms with Gasteiger partial charge in [-0.2, -0.15) is 0 Å². The zero-order valence-electron chi connectivity index (χ0n) is 8.25. The van der Waals surface area contributed by atoms with Gasteiger partial charge in [-0.25, -0.2) is 0 Å². The first-order valence-corrected chi connectivity index (χ1v) is 5.12. The fourth-order valence-corrected chi connectivity index (χ4v) is 1.87. The predicted molar refractivity (Wildman–Crippen MR) is 51.7 cm³/mol. The number of unbranched alkanes of at least 4 members (excludes halogenated alkanes) is 2. The summed E-state index contributed by atoms with van der Waals surface area (Å²) in [5.41, 5.74) is 0. The lowest BCUT2D eigenvalue weighted by Gasteiger charge is -2.21.